The fourth-order valence-corrected chi connectivity index (χ4v) is 5.00. The molecule has 1 amide bonds. The third kappa shape index (κ3) is 3.14. The molecule has 3 rings (SSSR count). The number of hydrogen-bond acceptors (Lipinski definition) is 2. The van der Waals surface area contributed by atoms with Crippen molar-refractivity contribution < 1.29 is 4.79 Å². The van der Waals surface area contributed by atoms with Gasteiger partial charge in [-0.1, -0.05) is 20.8 Å². The molecule has 3 unspecified atom stereocenters. The van der Waals surface area contributed by atoms with E-state index >= 15 is 0 Å². The molecule has 3 atom stereocenters. The zero-order valence-corrected chi connectivity index (χ0v) is 13.9. The number of carbonyl (C=O) groups excluding carboxylic acids is 1. The molecular formula is C16H29ClN2O. The number of amides is 1. The summed E-state index contributed by atoms with van der Waals surface area (Å²) >= 11 is 0. The Kier molecular flexibility index (Phi) is 4.42. The Hall–Kier alpha value is -0.280. The highest BCUT2D eigenvalue weighted by Crippen LogP contribution is 2.52. The second-order valence-corrected chi connectivity index (χ2v) is 8.30. The van der Waals surface area contributed by atoms with Crippen LogP contribution >= 0.6 is 12.4 Å². The summed E-state index contributed by atoms with van der Waals surface area (Å²) in [5.74, 6) is 0.994. The van der Waals surface area contributed by atoms with E-state index < -0.39 is 0 Å². The van der Waals surface area contributed by atoms with Gasteiger partial charge in [-0.25, -0.2) is 0 Å². The predicted octanol–water partition coefficient (Wildman–Crippen LogP) is 2.84. The summed E-state index contributed by atoms with van der Waals surface area (Å²) in [6.45, 7) is 10.2. The van der Waals surface area contributed by atoms with Gasteiger partial charge < -0.3 is 10.2 Å². The van der Waals surface area contributed by atoms with Crippen LogP contribution in [0.3, 0.4) is 0 Å². The molecule has 2 bridgehead atoms. The second-order valence-electron chi connectivity index (χ2n) is 8.30. The molecule has 116 valence electrons. The van der Waals surface area contributed by atoms with Crippen molar-refractivity contribution in [2.24, 2.45) is 16.7 Å². The number of carbonyl (C=O) groups is 1. The summed E-state index contributed by atoms with van der Waals surface area (Å²) in [5, 5.41) is 3.36. The second kappa shape index (κ2) is 5.49. The minimum absolute atomic E-state index is 0. The van der Waals surface area contributed by atoms with Gasteiger partial charge >= 0.3 is 0 Å². The maximum atomic E-state index is 12.6. The Labute approximate surface area is 129 Å². The third-order valence-electron chi connectivity index (χ3n) is 5.36. The van der Waals surface area contributed by atoms with E-state index in [2.05, 4.69) is 31.0 Å². The van der Waals surface area contributed by atoms with E-state index in [-0.39, 0.29) is 12.4 Å². The van der Waals surface area contributed by atoms with Crippen LogP contribution in [0.1, 0.15) is 52.9 Å². The molecule has 3 nitrogen and oxygen atoms in total. The maximum absolute atomic E-state index is 12.6. The van der Waals surface area contributed by atoms with Gasteiger partial charge in [0.15, 0.2) is 0 Å². The molecule has 1 N–H and O–H groups in total. The molecule has 1 saturated carbocycles. The zero-order chi connectivity index (χ0) is 13.7. The predicted molar refractivity (Wildman–Crippen MR) is 84.1 cm³/mol. The molecule has 20 heavy (non-hydrogen) atoms. The largest absolute Gasteiger partial charge is 0.339 e. The summed E-state index contributed by atoms with van der Waals surface area (Å²) in [7, 11) is 0. The maximum Gasteiger partial charge on any atom is 0.223 e. The van der Waals surface area contributed by atoms with E-state index in [4.69, 9.17) is 0 Å². The summed E-state index contributed by atoms with van der Waals surface area (Å²) in [6.07, 6.45) is 5.63. The van der Waals surface area contributed by atoms with Crippen LogP contribution in [0.4, 0.5) is 0 Å². The molecule has 0 radical (unpaired) electrons. The van der Waals surface area contributed by atoms with Crippen molar-refractivity contribution >= 4 is 18.3 Å². The van der Waals surface area contributed by atoms with E-state index in [1.807, 2.05) is 0 Å². The lowest BCUT2D eigenvalue weighted by Gasteiger charge is -2.39. The van der Waals surface area contributed by atoms with Crippen LogP contribution in [0.15, 0.2) is 0 Å². The molecule has 4 heteroatoms. The molecule has 3 aliphatic rings. The van der Waals surface area contributed by atoms with Crippen LogP contribution in [-0.4, -0.2) is 36.5 Å². The molecule has 0 spiro atoms. The quantitative estimate of drug-likeness (QED) is 0.850. The summed E-state index contributed by atoms with van der Waals surface area (Å²) in [5.41, 5.74) is 0.775. The van der Waals surface area contributed by atoms with E-state index in [9.17, 15) is 4.79 Å². The summed E-state index contributed by atoms with van der Waals surface area (Å²) in [4.78, 5) is 14.8. The Bertz CT molecular complexity index is 379. The standard InChI is InChI=1S/C16H28N2O.ClH/c1-15(2)7-13-8-16(3,10-15)11-18(13)14(19)6-12-4-5-17-9-12;/h12-13,17H,4-11H2,1-3H3;1H. The molecule has 2 heterocycles. The van der Waals surface area contributed by atoms with Gasteiger partial charge in [0.25, 0.3) is 0 Å². The van der Waals surface area contributed by atoms with Crippen LogP contribution in [-0.2, 0) is 4.79 Å². The lowest BCUT2D eigenvalue weighted by Crippen LogP contribution is -2.38. The topological polar surface area (TPSA) is 32.3 Å². The van der Waals surface area contributed by atoms with Crippen LogP contribution in [0, 0.1) is 16.7 Å². The number of fused-ring (bicyclic) bond motifs is 2. The SMILES string of the molecule is CC1(C)CC2CC(C)(CN2C(=O)CC2CCNC2)C1.Cl. The number of hydrogen-bond donors (Lipinski definition) is 1. The fourth-order valence-electron chi connectivity index (χ4n) is 5.00. The number of likely N-dealkylation sites (tertiary alicyclic amines) is 1. The molecular weight excluding hydrogens is 272 g/mol. The van der Waals surface area contributed by atoms with Crippen molar-refractivity contribution in [2.45, 2.75) is 58.9 Å². The smallest absolute Gasteiger partial charge is 0.223 e. The van der Waals surface area contributed by atoms with Gasteiger partial charge in [-0.3, -0.25) is 4.79 Å². The van der Waals surface area contributed by atoms with E-state index in [1.54, 1.807) is 0 Å². The first-order valence-electron chi connectivity index (χ1n) is 7.87. The molecule has 0 aromatic rings. The monoisotopic (exact) mass is 300 g/mol. The molecule has 0 aromatic heterocycles. The van der Waals surface area contributed by atoms with Crippen LogP contribution in [0.25, 0.3) is 0 Å². The van der Waals surface area contributed by atoms with Crippen molar-refractivity contribution in [1.82, 2.24) is 10.2 Å². The Morgan fingerprint density at radius 2 is 2.05 bits per heavy atom. The van der Waals surface area contributed by atoms with Gasteiger partial charge in [0, 0.05) is 19.0 Å². The molecule has 2 saturated heterocycles. The molecule has 3 fully saturated rings. The molecule has 0 aromatic carbocycles. The van der Waals surface area contributed by atoms with E-state index in [0.29, 0.717) is 28.7 Å². The van der Waals surface area contributed by atoms with Gasteiger partial charge in [-0.05, 0) is 55.5 Å². The van der Waals surface area contributed by atoms with E-state index in [0.717, 1.165) is 26.1 Å². The van der Waals surface area contributed by atoms with Crippen molar-refractivity contribution in [2.75, 3.05) is 19.6 Å². The number of rotatable bonds is 2. The minimum Gasteiger partial charge on any atom is -0.339 e. The van der Waals surface area contributed by atoms with Gasteiger partial charge in [0.05, 0.1) is 0 Å². The number of nitrogens with zero attached hydrogens (tertiary/aromatic N) is 1. The minimum atomic E-state index is 0. The van der Waals surface area contributed by atoms with Gasteiger partial charge in [0.2, 0.25) is 5.91 Å². The first kappa shape index (κ1) is 16.1. The lowest BCUT2D eigenvalue weighted by molar-refractivity contribution is -0.133. The highest BCUT2D eigenvalue weighted by atomic mass is 35.5. The normalized spacial score (nSPS) is 38.6. The molecule has 2 aliphatic heterocycles. The average molecular weight is 301 g/mol. The first-order chi connectivity index (χ1) is 8.87. The lowest BCUT2D eigenvalue weighted by atomic mass is 9.65. The zero-order valence-electron chi connectivity index (χ0n) is 13.1. The van der Waals surface area contributed by atoms with E-state index in [1.165, 1.54) is 25.7 Å². The summed E-state index contributed by atoms with van der Waals surface area (Å²) < 4.78 is 0. The van der Waals surface area contributed by atoms with Crippen LogP contribution < -0.4 is 5.32 Å². The number of halogens is 1. The van der Waals surface area contributed by atoms with Crippen molar-refractivity contribution in [3.05, 3.63) is 0 Å². The average Bonchev–Trinajstić information content (AvgIpc) is 2.83. The Morgan fingerprint density at radius 1 is 1.30 bits per heavy atom. The van der Waals surface area contributed by atoms with Crippen molar-refractivity contribution in [1.29, 1.82) is 0 Å². The Morgan fingerprint density at radius 3 is 2.70 bits per heavy atom. The molecule has 1 aliphatic carbocycles. The first-order valence-corrected chi connectivity index (χ1v) is 7.87. The van der Waals surface area contributed by atoms with Gasteiger partial charge in [-0.2, -0.15) is 0 Å². The van der Waals surface area contributed by atoms with Gasteiger partial charge in [-0.15, -0.1) is 12.4 Å². The third-order valence-corrected chi connectivity index (χ3v) is 5.36. The highest BCUT2D eigenvalue weighted by molar-refractivity contribution is 5.85. The summed E-state index contributed by atoms with van der Waals surface area (Å²) in [6, 6.07) is 0.510. The highest BCUT2D eigenvalue weighted by Gasteiger charge is 2.50. The van der Waals surface area contributed by atoms with Crippen LogP contribution in [0.5, 0.6) is 0 Å². The van der Waals surface area contributed by atoms with Crippen LogP contribution in [0.2, 0.25) is 0 Å². The van der Waals surface area contributed by atoms with Crippen molar-refractivity contribution in [3.63, 3.8) is 0 Å². The van der Waals surface area contributed by atoms with Crippen molar-refractivity contribution in [3.8, 4) is 0 Å². The van der Waals surface area contributed by atoms with Gasteiger partial charge in [0.1, 0.15) is 0 Å². The Balaban J connectivity index is 0.00000147. The number of nitrogens with one attached hydrogen (secondary N) is 1. The fraction of sp³-hybridized carbons (Fsp3) is 0.938.